The second-order valence-electron chi connectivity index (χ2n) is 5.09. The Morgan fingerprint density at radius 2 is 1.95 bits per heavy atom. The summed E-state index contributed by atoms with van der Waals surface area (Å²) in [6.07, 6.45) is 1.08. The molecular formula is C15H21N3O. The van der Waals surface area contributed by atoms with E-state index in [9.17, 15) is 0 Å². The number of anilines is 1. The van der Waals surface area contributed by atoms with Gasteiger partial charge in [0.25, 0.3) is 0 Å². The molecule has 0 aliphatic carbocycles. The molecule has 1 aromatic carbocycles. The first kappa shape index (κ1) is 13.5. The summed E-state index contributed by atoms with van der Waals surface area (Å²) in [5, 5.41) is 4.56. The fourth-order valence-electron chi connectivity index (χ4n) is 1.89. The van der Waals surface area contributed by atoms with Crippen LogP contribution in [0.3, 0.4) is 0 Å². The van der Waals surface area contributed by atoms with Crippen LogP contribution in [0.1, 0.15) is 20.3 Å². The molecule has 0 aliphatic heterocycles. The van der Waals surface area contributed by atoms with Crippen LogP contribution in [0.2, 0.25) is 0 Å². The number of methoxy groups -OCH3 is 1. The highest BCUT2D eigenvalue weighted by molar-refractivity contribution is 5.63. The van der Waals surface area contributed by atoms with Crippen LogP contribution in [0.5, 0.6) is 5.75 Å². The summed E-state index contributed by atoms with van der Waals surface area (Å²) in [5.74, 6) is 2.20. The molecule has 0 fully saturated rings. The molecule has 0 aliphatic rings. The minimum absolute atomic E-state index is 0.646. The van der Waals surface area contributed by atoms with Crippen LogP contribution in [-0.2, 0) is 6.54 Å². The Bertz CT molecular complexity index is 529. The van der Waals surface area contributed by atoms with Gasteiger partial charge in [-0.15, -0.1) is 0 Å². The second kappa shape index (κ2) is 5.78. The summed E-state index contributed by atoms with van der Waals surface area (Å²) in [6.45, 7) is 5.26. The minimum atomic E-state index is 0.646. The maximum absolute atomic E-state index is 6.00. The van der Waals surface area contributed by atoms with Gasteiger partial charge in [-0.3, -0.25) is 0 Å². The average molecular weight is 259 g/mol. The number of aryl methyl sites for hydroxylation is 1. The molecular weight excluding hydrogens is 238 g/mol. The van der Waals surface area contributed by atoms with Crippen molar-refractivity contribution in [3.05, 3.63) is 30.3 Å². The van der Waals surface area contributed by atoms with Gasteiger partial charge in [-0.1, -0.05) is 13.8 Å². The van der Waals surface area contributed by atoms with Gasteiger partial charge in [-0.2, -0.15) is 5.10 Å². The van der Waals surface area contributed by atoms with E-state index in [-0.39, 0.29) is 0 Å². The average Bonchev–Trinajstić information content (AvgIpc) is 2.78. The number of ether oxygens (including phenoxy) is 1. The molecule has 19 heavy (non-hydrogen) atoms. The topological polar surface area (TPSA) is 53.1 Å². The zero-order valence-corrected chi connectivity index (χ0v) is 11.8. The Morgan fingerprint density at radius 1 is 1.26 bits per heavy atom. The molecule has 0 saturated carbocycles. The number of benzene rings is 1. The van der Waals surface area contributed by atoms with Crippen molar-refractivity contribution in [2.24, 2.45) is 5.92 Å². The fourth-order valence-corrected chi connectivity index (χ4v) is 1.89. The van der Waals surface area contributed by atoms with Crippen molar-refractivity contribution >= 4 is 5.82 Å². The van der Waals surface area contributed by atoms with Crippen LogP contribution in [0.4, 0.5) is 5.82 Å². The summed E-state index contributed by atoms with van der Waals surface area (Å²) in [4.78, 5) is 0. The van der Waals surface area contributed by atoms with Gasteiger partial charge in [0.1, 0.15) is 11.6 Å². The van der Waals surface area contributed by atoms with Gasteiger partial charge in [0.2, 0.25) is 0 Å². The molecule has 0 spiro atoms. The minimum Gasteiger partial charge on any atom is -0.497 e. The summed E-state index contributed by atoms with van der Waals surface area (Å²) in [5.41, 5.74) is 7.95. The third-order valence-electron chi connectivity index (χ3n) is 3.12. The Hall–Kier alpha value is -1.97. The van der Waals surface area contributed by atoms with Crippen LogP contribution in [0.15, 0.2) is 30.3 Å². The normalized spacial score (nSPS) is 10.9. The lowest BCUT2D eigenvalue weighted by Crippen LogP contribution is -2.06. The predicted molar refractivity (Wildman–Crippen MR) is 78.1 cm³/mol. The van der Waals surface area contributed by atoms with E-state index in [1.165, 1.54) is 0 Å². The zero-order chi connectivity index (χ0) is 13.8. The summed E-state index contributed by atoms with van der Waals surface area (Å²) in [6, 6.07) is 9.76. The number of hydrogen-bond acceptors (Lipinski definition) is 3. The van der Waals surface area contributed by atoms with Crippen molar-refractivity contribution in [3.63, 3.8) is 0 Å². The van der Waals surface area contributed by atoms with Crippen LogP contribution >= 0.6 is 0 Å². The summed E-state index contributed by atoms with van der Waals surface area (Å²) in [7, 11) is 1.66. The van der Waals surface area contributed by atoms with E-state index in [2.05, 4.69) is 18.9 Å². The first-order chi connectivity index (χ1) is 9.10. The summed E-state index contributed by atoms with van der Waals surface area (Å²) < 4.78 is 7.02. The number of aromatic nitrogens is 2. The molecule has 0 saturated heterocycles. The summed E-state index contributed by atoms with van der Waals surface area (Å²) >= 11 is 0. The SMILES string of the molecule is COc1ccc(-c2cc(N)n(CCC(C)C)n2)cc1. The van der Waals surface area contributed by atoms with Crippen molar-refractivity contribution in [1.82, 2.24) is 9.78 Å². The van der Waals surface area contributed by atoms with Crippen LogP contribution in [0.25, 0.3) is 11.3 Å². The Morgan fingerprint density at radius 3 is 2.53 bits per heavy atom. The van der Waals surface area contributed by atoms with Crippen molar-refractivity contribution in [1.29, 1.82) is 0 Å². The van der Waals surface area contributed by atoms with Gasteiger partial charge in [0.15, 0.2) is 0 Å². The smallest absolute Gasteiger partial charge is 0.122 e. The van der Waals surface area contributed by atoms with Crippen LogP contribution in [0, 0.1) is 5.92 Å². The van der Waals surface area contributed by atoms with Crippen molar-refractivity contribution < 1.29 is 4.74 Å². The third-order valence-corrected chi connectivity index (χ3v) is 3.12. The molecule has 2 rings (SSSR count). The molecule has 0 amide bonds. The Labute approximate surface area is 114 Å². The maximum atomic E-state index is 6.00. The van der Waals surface area contributed by atoms with E-state index in [1.54, 1.807) is 7.11 Å². The van der Waals surface area contributed by atoms with Crippen molar-refractivity contribution in [3.8, 4) is 17.0 Å². The predicted octanol–water partition coefficient (Wildman–Crippen LogP) is 3.19. The van der Waals surface area contributed by atoms with Gasteiger partial charge in [0.05, 0.1) is 12.8 Å². The maximum Gasteiger partial charge on any atom is 0.122 e. The molecule has 2 aromatic rings. The molecule has 0 unspecified atom stereocenters. The number of hydrogen-bond donors (Lipinski definition) is 1. The first-order valence-electron chi connectivity index (χ1n) is 6.58. The monoisotopic (exact) mass is 259 g/mol. The quantitative estimate of drug-likeness (QED) is 0.897. The standard InChI is InChI=1S/C15H21N3O/c1-11(2)8-9-18-15(16)10-14(17-18)12-4-6-13(19-3)7-5-12/h4-7,10-11H,8-9,16H2,1-3H3. The van der Waals surface area contributed by atoms with Gasteiger partial charge >= 0.3 is 0 Å². The zero-order valence-electron chi connectivity index (χ0n) is 11.8. The number of rotatable bonds is 5. The second-order valence-corrected chi connectivity index (χ2v) is 5.09. The van der Waals surface area contributed by atoms with E-state index in [1.807, 2.05) is 35.0 Å². The van der Waals surface area contributed by atoms with E-state index >= 15 is 0 Å². The van der Waals surface area contributed by atoms with Gasteiger partial charge in [-0.05, 0) is 36.6 Å². The van der Waals surface area contributed by atoms with E-state index in [0.717, 1.165) is 30.0 Å². The molecule has 1 heterocycles. The molecule has 0 radical (unpaired) electrons. The molecule has 0 atom stereocenters. The van der Waals surface area contributed by atoms with Gasteiger partial charge in [-0.25, -0.2) is 4.68 Å². The Balaban J connectivity index is 2.18. The highest BCUT2D eigenvalue weighted by atomic mass is 16.5. The van der Waals surface area contributed by atoms with Crippen LogP contribution < -0.4 is 10.5 Å². The lowest BCUT2D eigenvalue weighted by molar-refractivity contribution is 0.415. The molecule has 0 bridgehead atoms. The fraction of sp³-hybridized carbons (Fsp3) is 0.400. The molecule has 1 aromatic heterocycles. The number of nitrogens with zero attached hydrogens (tertiary/aromatic N) is 2. The highest BCUT2D eigenvalue weighted by Gasteiger charge is 2.07. The lowest BCUT2D eigenvalue weighted by Gasteiger charge is -2.06. The lowest BCUT2D eigenvalue weighted by atomic mass is 10.1. The van der Waals surface area contributed by atoms with Crippen LogP contribution in [-0.4, -0.2) is 16.9 Å². The van der Waals surface area contributed by atoms with Gasteiger partial charge < -0.3 is 10.5 Å². The Kier molecular flexibility index (Phi) is 4.10. The number of nitrogen functional groups attached to an aromatic ring is 1. The molecule has 4 heteroatoms. The molecule has 2 N–H and O–H groups in total. The molecule has 4 nitrogen and oxygen atoms in total. The van der Waals surface area contributed by atoms with Crippen molar-refractivity contribution in [2.75, 3.05) is 12.8 Å². The first-order valence-corrected chi connectivity index (χ1v) is 6.58. The van der Waals surface area contributed by atoms with E-state index in [4.69, 9.17) is 10.5 Å². The highest BCUT2D eigenvalue weighted by Crippen LogP contribution is 2.23. The van der Waals surface area contributed by atoms with Crippen molar-refractivity contribution in [2.45, 2.75) is 26.8 Å². The van der Waals surface area contributed by atoms with Gasteiger partial charge in [0, 0.05) is 18.2 Å². The largest absolute Gasteiger partial charge is 0.497 e. The molecule has 102 valence electrons. The number of nitrogens with two attached hydrogens (primary N) is 1. The van der Waals surface area contributed by atoms with E-state index < -0.39 is 0 Å². The van der Waals surface area contributed by atoms with E-state index in [0.29, 0.717) is 11.7 Å². The third kappa shape index (κ3) is 3.28.